The molecule has 2 aromatic carbocycles. The number of ether oxygens (including phenoxy) is 3. The first-order valence-electron chi connectivity index (χ1n) is 7.27. The van der Waals surface area contributed by atoms with E-state index in [2.05, 4.69) is 10.6 Å². The topological polar surface area (TPSA) is 85.9 Å². The van der Waals surface area contributed by atoms with Gasteiger partial charge < -0.3 is 24.8 Å². The number of hydrogen-bond acceptors (Lipinski definition) is 5. The first-order chi connectivity index (χ1) is 11.7. The van der Waals surface area contributed by atoms with Crippen molar-refractivity contribution in [2.75, 3.05) is 19.2 Å². The average Bonchev–Trinajstić information content (AvgIpc) is 3.07. The van der Waals surface area contributed by atoms with Crippen molar-refractivity contribution in [3.05, 3.63) is 54.1 Å². The van der Waals surface area contributed by atoms with Gasteiger partial charge in [-0.3, -0.25) is 0 Å². The molecule has 0 bridgehead atoms. The van der Waals surface area contributed by atoms with Crippen molar-refractivity contribution in [2.24, 2.45) is 0 Å². The molecule has 0 spiro atoms. The van der Waals surface area contributed by atoms with Gasteiger partial charge in [-0.25, -0.2) is 9.59 Å². The highest BCUT2D eigenvalue weighted by molar-refractivity contribution is 5.93. The van der Waals surface area contributed by atoms with Crippen molar-refractivity contribution in [3.8, 4) is 11.5 Å². The van der Waals surface area contributed by atoms with Crippen LogP contribution >= 0.6 is 0 Å². The van der Waals surface area contributed by atoms with Gasteiger partial charge >= 0.3 is 12.0 Å². The molecule has 0 radical (unpaired) electrons. The molecule has 0 aliphatic carbocycles. The number of amides is 2. The monoisotopic (exact) mass is 328 g/mol. The van der Waals surface area contributed by atoms with Gasteiger partial charge in [0.2, 0.25) is 6.79 Å². The summed E-state index contributed by atoms with van der Waals surface area (Å²) in [6.07, 6.45) is 0. The summed E-state index contributed by atoms with van der Waals surface area (Å²) in [4.78, 5) is 24.2. The molecule has 3 rings (SSSR count). The fourth-order valence-electron chi connectivity index (χ4n) is 2.31. The molecular weight excluding hydrogens is 312 g/mol. The van der Waals surface area contributed by atoms with Crippen LogP contribution in [0.25, 0.3) is 0 Å². The maximum absolute atomic E-state index is 12.2. The highest BCUT2D eigenvalue weighted by Crippen LogP contribution is 2.34. The summed E-state index contributed by atoms with van der Waals surface area (Å²) in [6, 6.07) is 12.5. The number of urea groups is 1. The molecule has 0 saturated carbocycles. The predicted octanol–water partition coefficient (Wildman–Crippen LogP) is 2.45. The Hall–Kier alpha value is -3.22. The van der Waals surface area contributed by atoms with Crippen LogP contribution in [-0.2, 0) is 9.53 Å². The Labute approximate surface area is 138 Å². The number of carbonyl (C=O) groups is 2. The van der Waals surface area contributed by atoms with Gasteiger partial charge in [-0.15, -0.1) is 0 Å². The molecule has 0 saturated heterocycles. The molecule has 7 heteroatoms. The van der Waals surface area contributed by atoms with Crippen molar-refractivity contribution >= 4 is 17.7 Å². The second-order valence-electron chi connectivity index (χ2n) is 5.03. The average molecular weight is 328 g/mol. The van der Waals surface area contributed by atoms with Crippen LogP contribution in [0.4, 0.5) is 10.5 Å². The van der Waals surface area contributed by atoms with Crippen molar-refractivity contribution in [1.29, 1.82) is 0 Å². The van der Waals surface area contributed by atoms with Crippen LogP contribution in [0.15, 0.2) is 48.5 Å². The molecule has 1 aliphatic heterocycles. The number of benzene rings is 2. The zero-order valence-electron chi connectivity index (χ0n) is 12.9. The summed E-state index contributed by atoms with van der Waals surface area (Å²) in [5.41, 5.74) is 1.15. The molecule has 1 heterocycles. The lowest BCUT2D eigenvalue weighted by Crippen LogP contribution is -2.37. The van der Waals surface area contributed by atoms with Gasteiger partial charge in [-0.2, -0.15) is 0 Å². The van der Waals surface area contributed by atoms with Gasteiger partial charge in [0, 0.05) is 11.8 Å². The number of hydrogen-bond donors (Lipinski definition) is 2. The van der Waals surface area contributed by atoms with E-state index in [1.54, 1.807) is 42.5 Å². The van der Waals surface area contributed by atoms with Crippen LogP contribution in [-0.4, -0.2) is 25.9 Å². The second kappa shape index (κ2) is 6.91. The molecule has 2 amide bonds. The molecule has 1 unspecified atom stereocenters. The Morgan fingerprint density at radius 3 is 2.58 bits per heavy atom. The van der Waals surface area contributed by atoms with Crippen LogP contribution in [0.2, 0.25) is 0 Å². The highest BCUT2D eigenvalue weighted by atomic mass is 16.7. The molecule has 2 N–H and O–H groups in total. The van der Waals surface area contributed by atoms with Crippen LogP contribution in [0.5, 0.6) is 11.5 Å². The first kappa shape index (κ1) is 15.7. The number of esters is 1. The van der Waals surface area contributed by atoms with E-state index in [4.69, 9.17) is 14.2 Å². The number of fused-ring (bicyclic) bond motifs is 1. The van der Waals surface area contributed by atoms with Gasteiger partial charge in [-0.1, -0.05) is 30.3 Å². The smallest absolute Gasteiger partial charge is 0.333 e. The molecule has 24 heavy (non-hydrogen) atoms. The van der Waals surface area contributed by atoms with Crippen LogP contribution in [0, 0.1) is 0 Å². The van der Waals surface area contributed by atoms with E-state index in [0.29, 0.717) is 22.7 Å². The molecule has 0 fully saturated rings. The van der Waals surface area contributed by atoms with Crippen molar-refractivity contribution < 1.29 is 23.8 Å². The quantitative estimate of drug-likeness (QED) is 0.842. The minimum atomic E-state index is -0.898. The number of anilines is 1. The van der Waals surface area contributed by atoms with E-state index < -0.39 is 18.0 Å². The molecule has 0 aromatic heterocycles. The minimum Gasteiger partial charge on any atom is -0.467 e. The number of carbonyl (C=O) groups excluding carboxylic acids is 2. The SMILES string of the molecule is COC(=O)C(NC(=O)Nc1ccc2c(c1)OCO2)c1ccccc1. The van der Waals surface area contributed by atoms with Crippen molar-refractivity contribution in [1.82, 2.24) is 5.32 Å². The number of methoxy groups -OCH3 is 1. The summed E-state index contributed by atoms with van der Waals surface area (Å²) in [7, 11) is 1.27. The Kier molecular flexibility index (Phi) is 4.51. The summed E-state index contributed by atoms with van der Waals surface area (Å²) < 4.78 is 15.2. The van der Waals surface area contributed by atoms with Gasteiger partial charge in [0.05, 0.1) is 7.11 Å². The zero-order chi connectivity index (χ0) is 16.9. The van der Waals surface area contributed by atoms with Gasteiger partial charge in [0.15, 0.2) is 17.5 Å². The molecule has 2 aromatic rings. The predicted molar refractivity (Wildman–Crippen MR) is 85.9 cm³/mol. The third-order valence-electron chi connectivity index (χ3n) is 3.48. The lowest BCUT2D eigenvalue weighted by Gasteiger charge is -2.17. The lowest BCUT2D eigenvalue weighted by molar-refractivity contribution is -0.143. The van der Waals surface area contributed by atoms with E-state index in [9.17, 15) is 9.59 Å². The van der Waals surface area contributed by atoms with Crippen LogP contribution in [0.3, 0.4) is 0 Å². The number of nitrogens with one attached hydrogen (secondary N) is 2. The number of rotatable bonds is 4. The summed E-state index contributed by atoms with van der Waals surface area (Å²) in [5, 5.41) is 5.26. The highest BCUT2D eigenvalue weighted by Gasteiger charge is 2.23. The van der Waals surface area contributed by atoms with E-state index in [1.165, 1.54) is 7.11 Å². The largest absolute Gasteiger partial charge is 0.467 e. The maximum atomic E-state index is 12.2. The fraction of sp³-hybridized carbons (Fsp3) is 0.176. The molecular formula is C17H16N2O5. The zero-order valence-corrected chi connectivity index (χ0v) is 12.9. The second-order valence-corrected chi connectivity index (χ2v) is 5.03. The Morgan fingerprint density at radius 1 is 1.08 bits per heavy atom. The van der Waals surface area contributed by atoms with E-state index in [1.807, 2.05) is 6.07 Å². The Balaban J connectivity index is 1.70. The Morgan fingerprint density at radius 2 is 1.83 bits per heavy atom. The van der Waals surface area contributed by atoms with Crippen molar-refractivity contribution in [3.63, 3.8) is 0 Å². The third kappa shape index (κ3) is 3.40. The van der Waals surface area contributed by atoms with Gasteiger partial charge in [-0.05, 0) is 17.7 Å². The minimum absolute atomic E-state index is 0.156. The van der Waals surface area contributed by atoms with E-state index in [-0.39, 0.29) is 6.79 Å². The van der Waals surface area contributed by atoms with E-state index in [0.717, 1.165) is 0 Å². The van der Waals surface area contributed by atoms with Crippen LogP contribution < -0.4 is 20.1 Å². The summed E-state index contributed by atoms with van der Waals surface area (Å²) in [5.74, 6) is 0.625. The summed E-state index contributed by atoms with van der Waals surface area (Å²) in [6.45, 7) is 0.156. The maximum Gasteiger partial charge on any atom is 0.333 e. The first-order valence-corrected chi connectivity index (χ1v) is 7.27. The molecule has 1 aliphatic rings. The van der Waals surface area contributed by atoms with Crippen LogP contribution in [0.1, 0.15) is 11.6 Å². The molecule has 124 valence electrons. The Bertz CT molecular complexity index is 748. The third-order valence-corrected chi connectivity index (χ3v) is 3.48. The van der Waals surface area contributed by atoms with E-state index >= 15 is 0 Å². The normalized spacial score (nSPS) is 13.0. The van der Waals surface area contributed by atoms with Gasteiger partial charge in [0.1, 0.15) is 0 Å². The fourth-order valence-corrected chi connectivity index (χ4v) is 2.31. The summed E-state index contributed by atoms with van der Waals surface area (Å²) >= 11 is 0. The molecule has 1 atom stereocenters. The molecule has 7 nitrogen and oxygen atoms in total. The van der Waals surface area contributed by atoms with Gasteiger partial charge in [0.25, 0.3) is 0 Å². The van der Waals surface area contributed by atoms with Crippen molar-refractivity contribution in [2.45, 2.75) is 6.04 Å². The standard InChI is InChI=1S/C17H16N2O5/c1-22-16(20)15(11-5-3-2-4-6-11)19-17(21)18-12-7-8-13-14(9-12)24-10-23-13/h2-9,15H,10H2,1H3,(H2,18,19,21). The lowest BCUT2D eigenvalue weighted by atomic mass is 10.1.